The number of fused-ring (bicyclic) bond motifs is 1. The molecule has 4 nitrogen and oxygen atoms in total. The minimum atomic E-state index is 0.0530. The molecular weight excluding hydrogens is 342 g/mol. The van der Waals surface area contributed by atoms with Crippen molar-refractivity contribution in [3.63, 3.8) is 0 Å². The molecule has 1 aromatic carbocycles. The number of carbonyl (C=O) groups excluding carboxylic acids is 1. The highest BCUT2D eigenvalue weighted by molar-refractivity contribution is 9.10. The molecule has 0 aliphatic carbocycles. The van der Waals surface area contributed by atoms with E-state index in [1.807, 2.05) is 35.2 Å². The summed E-state index contributed by atoms with van der Waals surface area (Å²) in [4.78, 5) is 20.7. The molecule has 0 radical (unpaired) electrons. The van der Waals surface area contributed by atoms with Gasteiger partial charge in [-0.25, -0.2) is 4.98 Å². The van der Waals surface area contributed by atoms with Gasteiger partial charge in [0.1, 0.15) is 4.60 Å². The van der Waals surface area contributed by atoms with Crippen molar-refractivity contribution in [1.82, 2.24) is 4.98 Å². The van der Waals surface area contributed by atoms with Gasteiger partial charge in [0.05, 0.1) is 11.7 Å². The number of carbonyl (C=O) groups is 1. The first-order valence-corrected chi connectivity index (χ1v) is 8.11. The Hall–Kier alpha value is -1.88. The van der Waals surface area contributed by atoms with Gasteiger partial charge < -0.3 is 9.80 Å². The van der Waals surface area contributed by atoms with Crippen molar-refractivity contribution in [2.24, 2.45) is 0 Å². The second-order valence-corrected chi connectivity index (χ2v) is 6.39. The fraction of sp³-hybridized carbons (Fsp3) is 0.294. The number of halogens is 1. The number of pyridine rings is 1. The Kier molecular flexibility index (Phi) is 4.16. The Labute approximate surface area is 138 Å². The van der Waals surface area contributed by atoms with Gasteiger partial charge in [0.2, 0.25) is 5.91 Å². The molecule has 114 valence electrons. The molecule has 2 heterocycles. The summed E-state index contributed by atoms with van der Waals surface area (Å²) in [5.74, 6) is 0.906. The Bertz CT molecular complexity index is 690. The maximum atomic E-state index is 12.0. The van der Waals surface area contributed by atoms with E-state index in [9.17, 15) is 4.79 Å². The van der Waals surface area contributed by atoms with Crippen LogP contribution in [0.3, 0.4) is 0 Å². The summed E-state index contributed by atoms with van der Waals surface area (Å²) in [5.41, 5.74) is 2.11. The van der Waals surface area contributed by atoms with Crippen molar-refractivity contribution < 1.29 is 4.79 Å². The third-order valence-electron chi connectivity index (χ3n) is 3.86. The zero-order valence-electron chi connectivity index (χ0n) is 12.7. The number of hydrogen-bond acceptors (Lipinski definition) is 3. The van der Waals surface area contributed by atoms with E-state index >= 15 is 0 Å². The van der Waals surface area contributed by atoms with Crippen LogP contribution in [0.1, 0.15) is 19.4 Å². The summed E-state index contributed by atoms with van der Waals surface area (Å²) in [6.07, 6.45) is 0. The van der Waals surface area contributed by atoms with Gasteiger partial charge in [0.25, 0.3) is 0 Å². The Morgan fingerprint density at radius 2 is 2.00 bits per heavy atom. The number of amides is 1. The molecule has 0 unspecified atom stereocenters. The molecular formula is C17H18BrN3O. The van der Waals surface area contributed by atoms with Crippen LogP contribution < -0.4 is 9.80 Å². The van der Waals surface area contributed by atoms with Crippen molar-refractivity contribution in [1.29, 1.82) is 0 Å². The van der Waals surface area contributed by atoms with Crippen LogP contribution in [0.4, 0.5) is 11.5 Å². The second kappa shape index (κ2) is 6.08. The van der Waals surface area contributed by atoms with Crippen molar-refractivity contribution in [2.75, 3.05) is 16.3 Å². The standard InChI is InChI=1S/C17H18BrN3O/c1-12-10-20(11-14-6-4-3-5-7-14)17-15(21(12)13(2)22)8-9-16(18)19-17/h3-9,12H,10-11H2,1-2H3/t12-/m0/s1. The lowest BCUT2D eigenvalue weighted by atomic mass is 10.1. The van der Waals surface area contributed by atoms with Gasteiger partial charge in [-0.3, -0.25) is 4.79 Å². The lowest BCUT2D eigenvalue weighted by molar-refractivity contribution is -0.117. The maximum absolute atomic E-state index is 12.0. The molecule has 22 heavy (non-hydrogen) atoms. The monoisotopic (exact) mass is 359 g/mol. The maximum Gasteiger partial charge on any atom is 0.224 e. The Balaban J connectivity index is 2.00. The van der Waals surface area contributed by atoms with Crippen molar-refractivity contribution >= 4 is 33.3 Å². The fourth-order valence-electron chi connectivity index (χ4n) is 2.99. The SMILES string of the molecule is CC(=O)N1c2ccc(Br)nc2N(Cc2ccccc2)C[C@@H]1C. The number of rotatable bonds is 2. The molecule has 2 aromatic rings. The Morgan fingerprint density at radius 3 is 2.68 bits per heavy atom. The number of hydrogen-bond donors (Lipinski definition) is 0. The van der Waals surface area contributed by atoms with Gasteiger partial charge in [-0.15, -0.1) is 0 Å². The zero-order valence-corrected chi connectivity index (χ0v) is 14.2. The highest BCUT2D eigenvalue weighted by Gasteiger charge is 2.31. The van der Waals surface area contributed by atoms with E-state index in [4.69, 9.17) is 0 Å². The number of benzene rings is 1. The van der Waals surface area contributed by atoms with E-state index in [0.29, 0.717) is 0 Å². The number of anilines is 2. The van der Waals surface area contributed by atoms with Crippen LogP contribution in [-0.4, -0.2) is 23.5 Å². The highest BCUT2D eigenvalue weighted by Crippen LogP contribution is 2.35. The minimum absolute atomic E-state index is 0.0530. The first-order valence-electron chi connectivity index (χ1n) is 7.31. The summed E-state index contributed by atoms with van der Waals surface area (Å²) >= 11 is 3.43. The van der Waals surface area contributed by atoms with E-state index in [1.165, 1.54) is 5.56 Å². The van der Waals surface area contributed by atoms with Gasteiger partial charge in [0, 0.05) is 20.0 Å². The van der Waals surface area contributed by atoms with Crippen LogP contribution in [0.15, 0.2) is 47.1 Å². The average Bonchev–Trinajstić information content (AvgIpc) is 2.48. The smallest absolute Gasteiger partial charge is 0.224 e. The molecule has 0 N–H and O–H groups in total. The van der Waals surface area contributed by atoms with Crippen LogP contribution in [-0.2, 0) is 11.3 Å². The largest absolute Gasteiger partial charge is 0.348 e. The molecule has 0 saturated heterocycles. The first kappa shape index (κ1) is 15.0. The third-order valence-corrected chi connectivity index (χ3v) is 4.30. The van der Waals surface area contributed by atoms with E-state index < -0.39 is 0 Å². The summed E-state index contributed by atoms with van der Waals surface area (Å²) < 4.78 is 0.780. The van der Waals surface area contributed by atoms with Crippen LogP contribution in [0.2, 0.25) is 0 Å². The predicted molar refractivity (Wildman–Crippen MR) is 92.1 cm³/mol. The second-order valence-electron chi connectivity index (χ2n) is 5.58. The van der Waals surface area contributed by atoms with E-state index in [1.54, 1.807) is 6.92 Å². The van der Waals surface area contributed by atoms with E-state index in [2.05, 4.69) is 44.9 Å². The van der Waals surface area contributed by atoms with E-state index in [-0.39, 0.29) is 11.9 Å². The predicted octanol–water partition coefficient (Wildman–Crippen LogP) is 3.61. The summed E-state index contributed by atoms with van der Waals surface area (Å²) in [7, 11) is 0. The molecule has 0 fully saturated rings. The Morgan fingerprint density at radius 1 is 1.27 bits per heavy atom. The molecule has 0 saturated carbocycles. The molecule has 1 aliphatic heterocycles. The van der Waals surface area contributed by atoms with Crippen molar-refractivity contribution in [3.8, 4) is 0 Å². The summed E-state index contributed by atoms with van der Waals surface area (Å²) in [5, 5.41) is 0. The van der Waals surface area contributed by atoms with Gasteiger partial charge in [-0.1, -0.05) is 30.3 Å². The fourth-order valence-corrected chi connectivity index (χ4v) is 3.29. The lowest BCUT2D eigenvalue weighted by Gasteiger charge is -2.41. The van der Waals surface area contributed by atoms with Gasteiger partial charge in [-0.05, 0) is 40.5 Å². The summed E-state index contributed by atoms with van der Waals surface area (Å²) in [6.45, 7) is 5.23. The third kappa shape index (κ3) is 2.86. The van der Waals surface area contributed by atoms with Crippen LogP contribution in [0.25, 0.3) is 0 Å². The number of nitrogens with zero attached hydrogens (tertiary/aromatic N) is 3. The topological polar surface area (TPSA) is 36.4 Å². The average molecular weight is 360 g/mol. The van der Waals surface area contributed by atoms with Gasteiger partial charge >= 0.3 is 0 Å². The van der Waals surface area contributed by atoms with E-state index in [0.717, 1.165) is 29.2 Å². The van der Waals surface area contributed by atoms with Gasteiger partial charge in [0.15, 0.2) is 5.82 Å². The zero-order chi connectivity index (χ0) is 15.7. The molecule has 0 spiro atoms. The number of aromatic nitrogens is 1. The molecule has 5 heteroatoms. The normalized spacial score (nSPS) is 17.3. The van der Waals surface area contributed by atoms with Crippen LogP contribution >= 0.6 is 15.9 Å². The van der Waals surface area contributed by atoms with Crippen molar-refractivity contribution in [2.45, 2.75) is 26.4 Å². The van der Waals surface area contributed by atoms with Crippen molar-refractivity contribution in [3.05, 3.63) is 52.6 Å². The molecule has 1 aromatic heterocycles. The molecule has 0 bridgehead atoms. The summed E-state index contributed by atoms with van der Waals surface area (Å²) in [6, 6.07) is 14.3. The molecule has 1 aliphatic rings. The van der Waals surface area contributed by atoms with Gasteiger partial charge in [-0.2, -0.15) is 0 Å². The molecule has 1 atom stereocenters. The highest BCUT2D eigenvalue weighted by atomic mass is 79.9. The molecule has 1 amide bonds. The quantitative estimate of drug-likeness (QED) is 0.768. The lowest BCUT2D eigenvalue weighted by Crippen LogP contribution is -2.49. The molecule has 3 rings (SSSR count). The van der Waals surface area contributed by atoms with Crippen LogP contribution in [0, 0.1) is 0 Å². The first-order chi connectivity index (χ1) is 10.6. The van der Waals surface area contributed by atoms with Crippen LogP contribution in [0.5, 0.6) is 0 Å². The minimum Gasteiger partial charge on any atom is -0.348 e.